The van der Waals surface area contributed by atoms with Crippen LogP contribution < -0.4 is 5.32 Å². The summed E-state index contributed by atoms with van der Waals surface area (Å²) in [6.07, 6.45) is 2.91. The fourth-order valence-corrected chi connectivity index (χ4v) is 1.53. The lowest BCUT2D eigenvalue weighted by molar-refractivity contribution is -0.141. The van der Waals surface area contributed by atoms with Gasteiger partial charge < -0.3 is 15.0 Å². The van der Waals surface area contributed by atoms with Crippen LogP contribution in [0.25, 0.3) is 0 Å². The lowest BCUT2D eigenvalue weighted by atomic mass is 10.2. The number of esters is 1. The summed E-state index contributed by atoms with van der Waals surface area (Å²) in [5, 5.41) is 2.60. The molecule has 0 rings (SSSR count). The van der Waals surface area contributed by atoms with Crippen molar-refractivity contribution in [3.05, 3.63) is 0 Å². The molecule has 0 saturated heterocycles. The maximum absolute atomic E-state index is 12.0. The van der Waals surface area contributed by atoms with Gasteiger partial charge in [-0.05, 0) is 26.7 Å². The van der Waals surface area contributed by atoms with Gasteiger partial charge in [-0.3, -0.25) is 4.79 Å². The van der Waals surface area contributed by atoms with Gasteiger partial charge in [-0.15, -0.1) is 0 Å². The molecule has 0 fully saturated rings. The molecule has 0 aliphatic rings. The van der Waals surface area contributed by atoms with Crippen LogP contribution in [-0.4, -0.2) is 42.6 Å². The number of rotatable bonds is 8. The van der Waals surface area contributed by atoms with Crippen LogP contribution in [0.2, 0.25) is 0 Å². The molecule has 0 aromatic rings. The number of amides is 2. The third-order valence-electron chi connectivity index (χ3n) is 2.83. The minimum absolute atomic E-state index is 0.0638. The Labute approximate surface area is 110 Å². The zero-order valence-corrected chi connectivity index (χ0v) is 12.0. The van der Waals surface area contributed by atoms with E-state index in [1.165, 1.54) is 0 Å². The van der Waals surface area contributed by atoms with Crippen molar-refractivity contribution in [2.75, 3.05) is 19.7 Å². The Morgan fingerprint density at radius 2 is 1.94 bits per heavy atom. The Hall–Kier alpha value is -1.26. The van der Waals surface area contributed by atoms with Crippen molar-refractivity contribution in [2.45, 2.75) is 53.0 Å². The third-order valence-corrected chi connectivity index (χ3v) is 2.83. The first-order chi connectivity index (χ1) is 8.56. The van der Waals surface area contributed by atoms with Crippen molar-refractivity contribution in [1.29, 1.82) is 0 Å². The predicted octanol–water partition coefficient (Wildman–Crippen LogP) is 2.16. The Kier molecular flexibility index (Phi) is 9.06. The first-order valence-electron chi connectivity index (χ1n) is 6.76. The third kappa shape index (κ3) is 6.47. The quantitative estimate of drug-likeness (QED) is 0.679. The van der Waals surface area contributed by atoms with Gasteiger partial charge >= 0.3 is 12.0 Å². The highest BCUT2D eigenvalue weighted by molar-refractivity contribution is 5.81. The van der Waals surface area contributed by atoms with Crippen molar-refractivity contribution in [3.63, 3.8) is 0 Å². The van der Waals surface area contributed by atoms with Crippen LogP contribution >= 0.6 is 0 Å². The summed E-state index contributed by atoms with van der Waals surface area (Å²) in [4.78, 5) is 24.9. The monoisotopic (exact) mass is 258 g/mol. The predicted molar refractivity (Wildman–Crippen MR) is 71.4 cm³/mol. The van der Waals surface area contributed by atoms with E-state index in [4.69, 9.17) is 4.74 Å². The van der Waals surface area contributed by atoms with E-state index in [1.807, 2.05) is 13.8 Å². The number of carbonyl (C=O) groups excluding carboxylic acids is 2. The molecule has 18 heavy (non-hydrogen) atoms. The summed E-state index contributed by atoms with van der Waals surface area (Å²) in [7, 11) is 0. The van der Waals surface area contributed by atoms with Crippen LogP contribution in [0.1, 0.15) is 47.0 Å². The van der Waals surface area contributed by atoms with Gasteiger partial charge in [-0.25, -0.2) is 4.79 Å². The molecule has 0 spiro atoms. The Morgan fingerprint density at radius 3 is 2.44 bits per heavy atom. The molecule has 1 N–H and O–H groups in total. The molecule has 2 amide bonds. The average molecular weight is 258 g/mol. The lowest BCUT2D eigenvalue weighted by Crippen LogP contribution is -2.46. The summed E-state index contributed by atoms with van der Waals surface area (Å²) in [6.45, 7) is 8.88. The van der Waals surface area contributed by atoms with Crippen LogP contribution in [-0.2, 0) is 9.53 Å². The lowest BCUT2D eigenvalue weighted by Gasteiger charge is -2.28. The first kappa shape index (κ1) is 16.7. The fraction of sp³-hybridized carbons (Fsp3) is 0.846. The van der Waals surface area contributed by atoms with Crippen LogP contribution in [0.3, 0.4) is 0 Å². The van der Waals surface area contributed by atoms with E-state index in [0.717, 1.165) is 25.8 Å². The topological polar surface area (TPSA) is 58.6 Å². The minimum Gasteiger partial charge on any atom is -0.465 e. The SMILES string of the molecule is CCCCN(C(=O)NCC(=O)OCC)C(C)CC. The second kappa shape index (κ2) is 9.74. The standard InChI is InChI=1S/C13H26N2O3/c1-5-8-9-15(11(4)6-2)13(17)14-10-12(16)18-7-3/h11H,5-10H2,1-4H3,(H,14,17). The van der Waals surface area contributed by atoms with Gasteiger partial charge in [0.15, 0.2) is 0 Å². The van der Waals surface area contributed by atoms with Gasteiger partial charge in [0.05, 0.1) is 6.61 Å². The molecule has 0 aromatic heterocycles. The highest BCUT2D eigenvalue weighted by Crippen LogP contribution is 2.06. The van der Waals surface area contributed by atoms with Gasteiger partial charge in [0, 0.05) is 12.6 Å². The maximum Gasteiger partial charge on any atom is 0.325 e. The molecule has 5 nitrogen and oxygen atoms in total. The summed E-state index contributed by atoms with van der Waals surface area (Å²) in [5.41, 5.74) is 0. The van der Waals surface area contributed by atoms with E-state index >= 15 is 0 Å². The van der Waals surface area contributed by atoms with Crippen molar-refractivity contribution >= 4 is 12.0 Å². The van der Waals surface area contributed by atoms with Crippen LogP contribution in [0.15, 0.2) is 0 Å². The van der Waals surface area contributed by atoms with Crippen molar-refractivity contribution in [2.24, 2.45) is 0 Å². The minimum atomic E-state index is -0.398. The maximum atomic E-state index is 12.0. The number of hydrogen-bond donors (Lipinski definition) is 1. The molecule has 1 atom stereocenters. The molecule has 0 heterocycles. The highest BCUT2D eigenvalue weighted by Gasteiger charge is 2.18. The van der Waals surface area contributed by atoms with Gasteiger partial charge in [-0.1, -0.05) is 20.3 Å². The molecule has 0 aromatic carbocycles. The van der Waals surface area contributed by atoms with E-state index in [0.29, 0.717) is 6.61 Å². The molecule has 0 bridgehead atoms. The molecule has 106 valence electrons. The molecule has 5 heteroatoms. The molecule has 0 aliphatic carbocycles. The Bertz CT molecular complexity index is 257. The largest absolute Gasteiger partial charge is 0.465 e. The highest BCUT2D eigenvalue weighted by atomic mass is 16.5. The smallest absolute Gasteiger partial charge is 0.325 e. The second-order valence-corrected chi connectivity index (χ2v) is 4.27. The van der Waals surface area contributed by atoms with Gasteiger partial charge in [0.25, 0.3) is 0 Å². The Balaban J connectivity index is 4.24. The zero-order chi connectivity index (χ0) is 14.0. The number of urea groups is 1. The van der Waals surface area contributed by atoms with E-state index in [-0.39, 0.29) is 18.6 Å². The van der Waals surface area contributed by atoms with Crippen LogP contribution in [0.4, 0.5) is 4.79 Å². The number of hydrogen-bond acceptors (Lipinski definition) is 3. The van der Waals surface area contributed by atoms with Crippen molar-refractivity contribution in [1.82, 2.24) is 10.2 Å². The summed E-state index contributed by atoms with van der Waals surface area (Å²) in [5.74, 6) is -0.398. The van der Waals surface area contributed by atoms with Gasteiger partial charge in [0.1, 0.15) is 6.54 Å². The second-order valence-electron chi connectivity index (χ2n) is 4.27. The average Bonchev–Trinajstić information content (AvgIpc) is 2.36. The number of unbranched alkanes of at least 4 members (excludes halogenated alkanes) is 1. The zero-order valence-electron chi connectivity index (χ0n) is 12.0. The number of nitrogens with one attached hydrogen (secondary N) is 1. The summed E-state index contributed by atoms with van der Waals surface area (Å²) >= 11 is 0. The molecule has 1 unspecified atom stereocenters. The number of carbonyl (C=O) groups is 2. The first-order valence-corrected chi connectivity index (χ1v) is 6.76. The van der Waals surface area contributed by atoms with Crippen molar-refractivity contribution in [3.8, 4) is 0 Å². The summed E-state index contributed by atoms with van der Waals surface area (Å²) in [6, 6.07) is -0.00963. The Morgan fingerprint density at radius 1 is 1.28 bits per heavy atom. The van der Waals surface area contributed by atoms with E-state index in [9.17, 15) is 9.59 Å². The molecular weight excluding hydrogens is 232 g/mol. The van der Waals surface area contributed by atoms with E-state index in [1.54, 1.807) is 11.8 Å². The fourth-order valence-electron chi connectivity index (χ4n) is 1.53. The molecule has 0 saturated carbocycles. The number of ether oxygens (including phenoxy) is 1. The van der Waals surface area contributed by atoms with E-state index in [2.05, 4.69) is 12.2 Å². The van der Waals surface area contributed by atoms with E-state index < -0.39 is 5.97 Å². The van der Waals surface area contributed by atoms with Crippen LogP contribution in [0, 0.1) is 0 Å². The van der Waals surface area contributed by atoms with Crippen LogP contribution in [0.5, 0.6) is 0 Å². The van der Waals surface area contributed by atoms with Crippen molar-refractivity contribution < 1.29 is 14.3 Å². The van der Waals surface area contributed by atoms with Gasteiger partial charge in [0.2, 0.25) is 0 Å². The summed E-state index contributed by atoms with van der Waals surface area (Å²) < 4.78 is 4.77. The normalized spacial score (nSPS) is 11.8. The molecule has 0 aliphatic heterocycles. The van der Waals surface area contributed by atoms with Gasteiger partial charge in [-0.2, -0.15) is 0 Å². The number of nitrogens with zero attached hydrogens (tertiary/aromatic N) is 1. The molecular formula is C13H26N2O3. The molecule has 0 radical (unpaired) electrons.